The van der Waals surface area contributed by atoms with Crippen molar-refractivity contribution in [3.63, 3.8) is 0 Å². The Balaban J connectivity index is 3.55. The Morgan fingerprint density at radius 3 is 2.33 bits per heavy atom. The van der Waals surface area contributed by atoms with Gasteiger partial charge in [-0.25, -0.2) is 0 Å². The maximum Gasteiger partial charge on any atom is 0.304 e. The molecule has 0 aliphatic rings. The van der Waals surface area contributed by atoms with E-state index < -0.39 is 5.97 Å². The molecule has 0 aliphatic heterocycles. The van der Waals surface area contributed by atoms with E-state index in [4.69, 9.17) is 10.8 Å². The second kappa shape index (κ2) is 7.69. The molecular formula is C12H25NO2. The normalized spacial score (nSPS) is 15.3. The van der Waals surface area contributed by atoms with Crippen LogP contribution < -0.4 is 5.73 Å². The first-order chi connectivity index (χ1) is 6.91. The van der Waals surface area contributed by atoms with E-state index >= 15 is 0 Å². The minimum atomic E-state index is -0.795. The summed E-state index contributed by atoms with van der Waals surface area (Å²) in [5.74, 6) is 0.500. The van der Waals surface area contributed by atoms with Crippen LogP contribution in [0.15, 0.2) is 0 Å². The lowest BCUT2D eigenvalue weighted by Gasteiger charge is -2.16. The van der Waals surface area contributed by atoms with Crippen LogP contribution in [0.1, 0.15) is 52.9 Å². The summed E-state index contributed by atoms with van der Waals surface area (Å²) in [6.07, 6.45) is 4.54. The molecule has 0 bridgehead atoms. The molecule has 0 aliphatic carbocycles. The highest BCUT2D eigenvalue weighted by molar-refractivity contribution is 5.67. The first kappa shape index (κ1) is 14.4. The van der Waals surface area contributed by atoms with Crippen LogP contribution in [-0.4, -0.2) is 17.1 Å². The van der Waals surface area contributed by atoms with Gasteiger partial charge in [-0.15, -0.1) is 0 Å². The van der Waals surface area contributed by atoms with Crippen LogP contribution in [0.25, 0.3) is 0 Å². The molecule has 2 atom stereocenters. The van der Waals surface area contributed by atoms with E-state index in [1.807, 2.05) is 0 Å². The lowest BCUT2D eigenvalue weighted by molar-refractivity contribution is -0.137. The van der Waals surface area contributed by atoms with Crippen molar-refractivity contribution in [2.45, 2.75) is 58.9 Å². The van der Waals surface area contributed by atoms with Crippen LogP contribution in [0.2, 0.25) is 0 Å². The summed E-state index contributed by atoms with van der Waals surface area (Å²) in [5, 5.41) is 8.57. The number of carboxylic acids is 1. The first-order valence-corrected chi connectivity index (χ1v) is 5.89. The predicted octanol–water partition coefficient (Wildman–Crippen LogP) is 2.64. The van der Waals surface area contributed by atoms with Crippen molar-refractivity contribution in [1.82, 2.24) is 0 Å². The number of rotatable bonds is 8. The zero-order valence-corrected chi connectivity index (χ0v) is 10.2. The van der Waals surface area contributed by atoms with E-state index in [1.165, 1.54) is 12.8 Å². The second-order valence-electron chi connectivity index (χ2n) is 5.02. The van der Waals surface area contributed by atoms with Crippen LogP contribution in [0.5, 0.6) is 0 Å². The molecule has 0 fully saturated rings. The van der Waals surface area contributed by atoms with Gasteiger partial charge in [-0.05, 0) is 18.3 Å². The molecule has 3 nitrogen and oxygen atoms in total. The highest BCUT2D eigenvalue weighted by atomic mass is 16.4. The third kappa shape index (κ3) is 9.73. The fourth-order valence-electron chi connectivity index (χ4n) is 1.82. The number of nitrogens with two attached hydrogens (primary N) is 1. The summed E-state index contributed by atoms with van der Waals surface area (Å²) in [6.45, 7) is 6.60. The van der Waals surface area contributed by atoms with E-state index in [1.54, 1.807) is 0 Å². The molecule has 0 aromatic heterocycles. The first-order valence-electron chi connectivity index (χ1n) is 5.89. The minimum absolute atomic E-state index is 0.0918. The Morgan fingerprint density at radius 2 is 1.87 bits per heavy atom. The van der Waals surface area contributed by atoms with Gasteiger partial charge < -0.3 is 10.8 Å². The molecule has 0 heterocycles. The summed E-state index contributed by atoms with van der Waals surface area (Å²) in [7, 11) is 0. The van der Waals surface area contributed by atoms with Crippen molar-refractivity contribution in [2.24, 2.45) is 17.6 Å². The van der Waals surface area contributed by atoms with Gasteiger partial charge in [0.1, 0.15) is 0 Å². The molecule has 0 amide bonds. The van der Waals surface area contributed by atoms with Gasteiger partial charge in [-0.3, -0.25) is 4.79 Å². The number of hydrogen-bond acceptors (Lipinski definition) is 2. The zero-order chi connectivity index (χ0) is 11.8. The molecule has 0 rings (SSSR count). The van der Waals surface area contributed by atoms with Gasteiger partial charge in [-0.2, -0.15) is 0 Å². The molecule has 90 valence electrons. The van der Waals surface area contributed by atoms with Crippen LogP contribution in [0.4, 0.5) is 0 Å². The van der Waals surface area contributed by atoms with Gasteiger partial charge in [0.2, 0.25) is 0 Å². The molecule has 0 aromatic rings. The van der Waals surface area contributed by atoms with Gasteiger partial charge in [-0.1, -0.05) is 40.0 Å². The molecule has 0 spiro atoms. The van der Waals surface area contributed by atoms with Crippen LogP contribution in [0.3, 0.4) is 0 Å². The third-order valence-electron chi connectivity index (χ3n) is 2.62. The Hall–Kier alpha value is -0.570. The van der Waals surface area contributed by atoms with Crippen molar-refractivity contribution >= 4 is 5.97 Å². The van der Waals surface area contributed by atoms with Crippen molar-refractivity contribution in [3.05, 3.63) is 0 Å². The van der Waals surface area contributed by atoms with Gasteiger partial charge in [0.05, 0.1) is 6.42 Å². The van der Waals surface area contributed by atoms with Gasteiger partial charge >= 0.3 is 5.97 Å². The molecule has 0 saturated carbocycles. The molecule has 15 heavy (non-hydrogen) atoms. The monoisotopic (exact) mass is 215 g/mol. The Bertz CT molecular complexity index is 180. The van der Waals surface area contributed by atoms with Crippen molar-refractivity contribution in [2.75, 3.05) is 0 Å². The molecule has 3 heteroatoms. The highest BCUT2D eigenvalue weighted by Gasteiger charge is 2.12. The molecular weight excluding hydrogens is 190 g/mol. The maximum atomic E-state index is 10.4. The van der Waals surface area contributed by atoms with Gasteiger partial charge in [0, 0.05) is 6.04 Å². The second-order valence-corrected chi connectivity index (χ2v) is 5.02. The van der Waals surface area contributed by atoms with Crippen molar-refractivity contribution in [3.8, 4) is 0 Å². The summed E-state index contributed by atoms with van der Waals surface area (Å²) in [5.41, 5.74) is 5.73. The highest BCUT2D eigenvalue weighted by Crippen LogP contribution is 2.16. The summed E-state index contributed by atoms with van der Waals surface area (Å²) in [6, 6.07) is -0.184. The SMILES string of the molecule is CC(C)CCCC(C)C[C@@H](N)CC(=O)O. The topological polar surface area (TPSA) is 63.3 Å². The molecule has 3 N–H and O–H groups in total. The van der Waals surface area contributed by atoms with E-state index in [9.17, 15) is 4.79 Å². The quantitative estimate of drug-likeness (QED) is 0.654. The summed E-state index contributed by atoms with van der Waals surface area (Å²) < 4.78 is 0. The lowest BCUT2D eigenvalue weighted by Crippen LogP contribution is -2.25. The van der Waals surface area contributed by atoms with E-state index in [0.29, 0.717) is 5.92 Å². The lowest BCUT2D eigenvalue weighted by atomic mass is 9.93. The van der Waals surface area contributed by atoms with E-state index in [-0.39, 0.29) is 12.5 Å². The molecule has 0 radical (unpaired) electrons. The third-order valence-corrected chi connectivity index (χ3v) is 2.62. The standard InChI is InChI=1S/C12H25NO2/c1-9(2)5-4-6-10(3)7-11(13)8-12(14)15/h9-11H,4-8,13H2,1-3H3,(H,14,15)/t10?,11-/m1/s1. The number of hydrogen-bond donors (Lipinski definition) is 2. The van der Waals surface area contributed by atoms with E-state index in [2.05, 4.69) is 20.8 Å². The molecule has 1 unspecified atom stereocenters. The number of carbonyl (C=O) groups is 1. The smallest absolute Gasteiger partial charge is 0.304 e. The molecule has 0 saturated heterocycles. The van der Waals surface area contributed by atoms with E-state index in [0.717, 1.165) is 18.8 Å². The van der Waals surface area contributed by atoms with Crippen LogP contribution in [-0.2, 0) is 4.79 Å². The summed E-state index contributed by atoms with van der Waals surface area (Å²) >= 11 is 0. The minimum Gasteiger partial charge on any atom is -0.481 e. The number of aliphatic carboxylic acids is 1. The van der Waals surface area contributed by atoms with Crippen molar-refractivity contribution < 1.29 is 9.90 Å². The van der Waals surface area contributed by atoms with Gasteiger partial charge in [0.15, 0.2) is 0 Å². The van der Waals surface area contributed by atoms with Crippen LogP contribution >= 0.6 is 0 Å². The number of carboxylic acid groups (broad SMARTS) is 1. The van der Waals surface area contributed by atoms with Crippen molar-refractivity contribution in [1.29, 1.82) is 0 Å². The van der Waals surface area contributed by atoms with Crippen LogP contribution in [0, 0.1) is 11.8 Å². The predicted molar refractivity (Wildman–Crippen MR) is 62.7 cm³/mol. The van der Waals surface area contributed by atoms with Gasteiger partial charge in [0.25, 0.3) is 0 Å². The molecule has 0 aromatic carbocycles. The zero-order valence-electron chi connectivity index (χ0n) is 10.2. The Morgan fingerprint density at radius 1 is 1.27 bits per heavy atom. The average molecular weight is 215 g/mol. The largest absolute Gasteiger partial charge is 0.481 e. The summed E-state index contributed by atoms with van der Waals surface area (Å²) in [4.78, 5) is 10.4. The average Bonchev–Trinajstić information content (AvgIpc) is 2.00. The fourth-order valence-corrected chi connectivity index (χ4v) is 1.82. The Kier molecular flexibility index (Phi) is 7.39. The Labute approximate surface area is 93.0 Å². The fraction of sp³-hybridized carbons (Fsp3) is 0.917. The maximum absolute atomic E-state index is 10.4.